The summed E-state index contributed by atoms with van der Waals surface area (Å²) in [5.41, 5.74) is 0.458. The Hall–Kier alpha value is -0.220. The van der Waals surface area contributed by atoms with Crippen LogP contribution in [-0.4, -0.2) is 48.5 Å². The summed E-state index contributed by atoms with van der Waals surface area (Å²) in [6.45, 7) is 7.92. The summed E-state index contributed by atoms with van der Waals surface area (Å²) in [5.74, 6) is 1.23. The monoisotopic (exact) mass is 269 g/mol. The van der Waals surface area contributed by atoms with E-state index in [9.17, 15) is 0 Å². The first-order valence-electron chi connectivity index (χ1n) is 7.30. The van der Waals surface area contributed by atoms with Gasteiger partial charge in [0.25, 0.3) is 0 Å². The van der Waals surface area contributed by atoms with E-state index in [0.717, 1.165) is 13.1 Å². The van der Waals surface area contributed by atoms with Gasteiger partial charge in [-0.2, -0.15) is 0 Å². The number of likely N-dealkylation sites (tertiary alicyclic amines) is 1. The van der Waals surface area contributed by atoms with Crippen LogP contribution < -0.4 is 5.32 Å². The minimum Gasteiger partial charge on any atom is -0.363 e. The van der Waals surface area contributed by atoms with Crippen LogP contribution in [-0.2, 0) is 0 Å². The number of nitrogens with one attached hydrogen (secondary N) is 1. The number of rotatable bonds is 4. The molecule has 0 spiro atoms. The maximum atomic E-state index is 4.76. The Bertz CT molecular complexity index is 299. The molecule has 2 aliphatic heterocycles. The van der Waals surface area contributed by atoms with Gasteiger partial charge in [0.15, 0.2) is 5.17 Å². The standard InChI is InChI=1S/C14H27N3S/c1-4-14(5-2)10-16-13(18-11-14)15-9-12-7-6-8-17(12)3/h12H,4-11H2,1-3H3,(H,15,16). The first-order chi connectivity index (χ1) is 8.69. The van der Waals surface area contributed by atoms with Crippen LogP contribution in [0.25, 0.3) is 0 Å². The van der Waals surface area contributed by atoms with Crippen LogP contribution in [0.1, 0.15) is 39.5 Å². The van der Waals surface area contributed by atoms with Crippen LogP contribution in [0.2, 0.25) is 0 Å². The first-order valence-corrected chi connectivity index (χ1v) is 8.29. The SMILES string of the molecule is CCC1(CC)CN=C(NCC2CCCN2C)SC1. The molecule has 0 radical (unpaired) electrons. The molecule has 0 aliphatic carbocycles. The third kappa shape index (κ3) is 3.21. The zero-order valence-corrected chi connectivity index (χ0v) is 12.9. The van der Waals surface area contributed by atoms with Crippen molar-refractivity contribution >= 4 is 16.9 Å². The van der Waals surface area contributed by atoms with Gasteiger partial charge in [0.05, 0.1) is 0 Å². The van der Waals surface area contributed by atoms with Gasteiger partial charge >= 0.3 is 0 Å². The number of thioether (sulfide) groups is 1. The van der Waals surface area contributed by atoms with Gasteiger partial charge in [-0.1, -0.05) is 25.6 Å². The van der Waals surface area contributed by atoms with Crippen molar-refractivity contribution in [3.8, 4) is 0 Å². The van der Waals surface area contributed by atoms with Crippen LogP contribution in [0, 0.1) is 5.41 Å². The minimum atomic E-state index is 0.458. The van der Waals surface area contributed by atoms with Gasteiger partial charge in [-0.15, -0.1) is 0 Å². The topological polar surface area (TPSA) is 27.6 Å². The maximum absolute atomic E-state index is 4.76. The lowest BCUT2D eigenvalue weighted by molar-refractivity contribution is 0.307. The highest BCUT2D eigenvalue weighted by Gasteiger charge is 2.30. The molecule has 2 rings (SSSR count). The largest absolute Gasteiger partial charge is 0.363 e. The predicted octanol–water partition coefficient (Wildman–Crippen LogP) is 2.58. The van der Waals surface area contributed by atoms with Crippen molar-refractivity contribution in [2.24, 2.45) is 10.4 Å². The van der Waals surface area contributed by atoms with Crippen LogP contribution in [0.3, 0.4) is 0 Å². The average molecular weight is 269 g/mol. The van der Waals surface area contributed by atoms with Gasteiger partial charge in [0.2, 0.25) is 0 Å². The number of hydrogen-bond acceptors (Lipinski definition) is 4. The highest BCUT2D eigenvalue weighted by molar-refractivity contribution is 8.13. The molecule has 4 heteroatoms. The highest BCUT2D eigenvalue weighted by atomic mass is 32.2. The van der Waals surface area contributed by atoms with Crippen molar-refractivity contribution in [3.63, 3.8) is 0 Å². The number of nitrogens with zero attached hydrogens (tertiary/aromatic N) is 2. The average Bonchev–Trinajstić information content (AvgIpc) is 2.83. The summed E-state index contributed by atoms with van der Waals surface area (Å²) in [7, 11) is 2.23. The fourth-order valence-electron chi connectivity index (χ4n) is 2.78. The molecule has 1 saturated heterocycles. The lowest BCUT2D eigenvalue weighted by Gasteiger charge is -2.33. The van der Waals surface area contributed by atoms with Crippen LogP contribution in [0.15, 0.2) is 4.99 Å². The molecule has 0 saturated carbocycles. The van der Waals surface area contributed by atoms with Crippen molar-refractivity contribution in [3.05, 3.63) is 0 Å². The molecule has 3 nitrogen and oxygen atoms in total. The van der Waals surface area contributed by atoms with Crippen LogP contribution in [0.5, 0.6) is 0 Å². The number of likely N-dealkylation sites (N-methyl/N-ethyl adjacent to an activating group) is 1. The molecule has 0 amide bonds. The molecular formula is C14H27N3S. The van der Waals surface area contributed by atoms with Gasteiger partial charge in [-0.3, -0.25) is 4.99 Å². The second-order valence-corrected chi connectivity index (χ2v) is 6.74. The minimum absolute atomic E-state index is 0.458. The van der Waals surface area contributed by atoms with Gasteiger partial charge in [0, 0.05) is 24.9 Å². The Balaban J connectivity index is 1.79. The predicted molar refractivity (Wildman–Crippen MR) is 81.4 cm³/mol. The molecule has 1 N–H and O–H groups in total. The van der Waals surface area contributed by atoms with E-state index >= 15 is 0 Å². The molecule has 1 atom stereocenters. The van der Waals surface area contributed by atoms with E-state index < -0.39 is 0 Å². The number of hydrogen-bond donors (Lipinski definition) is 1. The number of amidine groups is 1. The van der Waals surface area contributed by atoms with Crippen LogP contribution >= 0.6 is 11.8 Å². The molecule has 1 fully saturated rings. The smallest absolute Gasteiger partial charge is 0.156 e. The van der Waals surface area contributed by atoms with E-state index in [0.29, 0.717) is 11.5 Å². The molecule has 0 bridgehead atoms. The Labute approximate surface area is 116 Å². The van der Waals surface area contributed by atoms with E-state index in [1.54, 1.807) is 0 Å². The Kier molecular flexibility index (Phi) is 4.96. The fourth-order valence-corrected chi connectivity index (χ4v) is 4.06. The van der Waals surface area contributed by atoms with E-state index in [2.05, 4.69) is 31.1 Å². The molecule has 18 heavy (non-hydrogen) atoms. The molecule has 104 valence electrons. The summed E-state index contributed by atoms with van der Waals surface area (Å²) in [6, 6.07) is 0.706. The third-order valence-corrected chi connectivity index (χ3v) is 6.04. The van der Waals surface area contributed by atoms with Crippen molar-refractivity contribution in [1.29, 1.82) is 0 Å². The van der Waals surface area contributed by atoms with Crippen molar-refractivity contribution in [1.82, 2.24) is 10.2 Å². The number of aliphatic imine (C=N–C) groups is 1. The van der Waals surface area contributed by atoms with Gasteiger partial charge in [-0.05, 0) is 44.7 Å². The van der Waals surface area contributed by atoms with Gasteiger partial charge in [-0.25, -0.2) is 0 Å². The van der Waals surface area contributed by atoms with Gasteiger partial charge < -0.3 is 10.2 Å². The Morgan fingerprint density at radius 3 is 2.72 bits per heavy atom. The van der Waals surface area contributed by atoms with Crippen molar-refractivity contribution < 1.29 is 0 Å². The second kappa shape index (κ2) is 6.29. The lowest BCUT2D eigenvalue weighted by Crippen LogP contribution is -2.40. The summed E-state index contributed by atoms with van der Waals surface area (Å²) in [5, 5.41) is 4.73. The lowest BCUT2D eigenvalue weighted by atomic mass is 9.84. The quantitative estimate of drug-likeness (QED) is 0.850. The van der Waals surface area contributed by atoms with Crippen molar-refractivity contribution in [2.75, 3.05) is 32.4 Å². The normalized spacial score (nSPS) is 28.2. The zero-order chi connectivity index (χ0) is 13.0. The third-order valence-electron chi connectivity index (χ3n) is 4.73. The molecule has 0 aromatic carbocycles. The summed E-state index contributed by atoms with van der Waals surface area (Å²) >= 11 is 1.92. The molecule has 2 heterocycles. The van der Waals surface area contributed by atoms with E-state index in [1.165, 1.54) is 43.1 Å². The molecule has 0 aromatic heterocycles. The van der Waals surface area contributed by atoms with Gasteiger partial charge in [0.1, 0.15) is 0 Å². The molecular weight excluding hydrogens is 242 g/mol. The Morgan fingerprint density at radius 1 is 1.44 bits per heavy atom. The van der Waals surface area contributed by atoms with E-state index in [-0.39, 0.29) is 0 Å². The van der Waals surface area contributed by atoms with Crippen molar-refractivity contribution in [2.45, 2.75) is 45.6 Å². The van der Waals surface area contributed by atoms with E-state index in [1.807, 2.05) is 11.8 Å². The fraction of sp³-hybridized carbons (Fsp3) is 0.929. The summed E-state index contributed by atoms with van der Waals surface area (Å²) in [6.07, 6.45) is 5.17. The summed E-state index contributed by atoms with van der Waals surface area (Å²) < 4.78 is 0. The first kappa shape index (κ1) is 14.2. The molecule has 0 aromatic rings. The molecule has 1 unspecified atom stereocenters. The second-order valence-electron chi connectivity index (χ2n) is 5.77. The molecule has 2 aliphatic rings. The van der Waals surface area contributed by atoms with E-state index in [4.69, 9.17) is 4.99 Å². The Morgan fingerprint density at radius 2 is 2.22 bits per heavy atom. The summed E-state index contributed by atoms with van der Waals surface area (Å²) in [4.78, 5) is 7.22. The zero-order valence-electron chi connectivity index (χ0n) is 12.0. The van der Waals surface area contributed by atoms with Crippen LogP contribution in [0.4, 0.5) is 0 Å². The maximum Gasteiger partial charge on any atom is 0.156 e. The highest BCUT2D eigenvalue weighted by Crippen LogP contribution is 2.34.